The summed E-state index contributed by atoms with van der Waals surface area (Å²) in [7, 11) is 0. The summed E-state index contributed by atoms with van der Waals surface area (Å²) < 4.78 is 0.622. The fourth-order valence-electron chi connectivity index (χ4n) is 1.67. The van der Waals surface area contributed by atoms with Crippen molar-refractivity contribution in [2.24, 2.45) is 0 Å². The van der Waals surface area contributed by atoms with Crippen molar-refractivity contribution in [3.63, 3.8) is 0 Å². The highest BCUT2D eigenvalue weighted by molar-refractivity contribution is 9.10. The SMILES string of the molecule is CCNC(C)C(C)c1ncc(Br)cc1[N+](=O)[O-]. The van der Waals surface area contributed by atoms with Crippen LogP contribution in [0.5, 0.6) is 0 Å². The molecule has 1 heterocycles. The fraction of sp³-hybridized carbons (Fsp3) is 0.545. The van der Waals surface area contributed by atoms with Gasteiger partial charge in [-0.3, -0.25) is 15.1 Å². The highest BCUT2D eigenvalue weighted by Gasteiger charge is 2.24. The lowest BCUT2D eigenvalue weighted by atomic mass is 9.98. The molecule has 0 aliphatic rings. The summed E-state index contributed by atoms with van der Waals surface area (Å²) in [5.41, 5.74) is 0.586. The lowest BCUT2D eigenvalue weighted by Gasteiger charge is -2.19. The maximum atomic E-state index is 11.0. The van der Waals surface area contributed by atoms with E-state index in [4.69, 9.17) is 0 Å². The van der Waals surface area contributed by atoms with Crippen LogP contribution in [0.3, 0.4) is 0 Å². The third-order valence-electron chi connectivity index (χ3n) is 2.77. The molecule has 0 amide bonds. The predicted molar refractivity (Wildman–Crippen MR) is 70.1 cm³/mol. The Morgan fingerprint density at radius 1 is 1.59 bits per heavy atom. The molecule has 1 N–H and O–H groups in total. The first kappa shape index (κ1) is 14.1. The van der Waals surface area contributed by atoms with E-state index in [0.29, 0.717) is 10.2 Å². The number of pyridine rings is 1. The third kappa shape index (κ3) is 3.47. The second-order valence-corrected chi connectivity index (χ2v) is 4.87. The average Bonchev–Trinajstić information content (AvgIpc) is 2.28. The molecule has 5 nitrogen and oxygen atoms in total. The van der Waals surface area contributed by atoms with Gasteiger partial charge in [0.15, 0.2) is 0 Å². The van der Waals surface area contributed by atoms with Gasteiger partial charge >= 0.3 is 0 Å². The topological polar surface area (TPSA) is 68.1 Å². The molecule has 1 rings (SSSR count). The number of rotatable bonds is 5. The van der Waals surface area contributed by atoms with E-state index in [0.717, 1.165) is 6.54 Å². The molecule has 0 aromatic carbocycles. The normalized spacial score (nSPS) is 14.4. The number of nitrogens with one attached hydrogen (secondary N) is 1. The summed E-state index contributed by atoms with van der Waals surface area (Å²) in [6, 6.07) is 1.64. The van der Waals surface area contributed by atoms with Crippen LogP contribution in [0, 0.1) is 10.1 Å². The van der Waals surface area contributed by atoms with E-state index in [1.54, 1.807) is 6.20 Å². The summed E-state index contributed by atoms with van der Waals surface area (Å²) in [5.74, 6) is -0.0107. The monoisotopic (exact) mass is 301 g/mol. The van der Waals surface area contributed by atoms with Gasteiger partial charge in [0.2, 0.25) is 0 Å². The van der Waals surface area contributed by atoms with Crippen molar-refractivity contribution in [1.82, 2.24) is 10.3 Å². The van der Waals surface area contributed by atoms with Crippen LogP contribution in [-0.4, -0.2) is 22.5 Å². The van der Waals surface area contributed by atoms with Gasteiger partial charge in [-0.1, -0.05) is 13.8 Å². The second kappa shape index (κ2) is 6.07. The Kier molecular flexibility index (Phi) is 5.02. The number of nitrogens with zero attached hydrogens (tertiary/aromatic N) is 2. The zero-order valence-electron chi connectivity index (χ0n) is 10.1. The molecule has 6 heteroatoms. The van der Waals surface area contributed by atoms with Gasteiger partial charge in [-0.2, -0.15) is 0 Å². The molecular weight excluding hydrogens is 286 g/mol. The Balaban J connectivity index is 3.08. The number of hydrogen-bond donors (Lipinski definition) is 1. The van der Waals surface area contributed by atoms with E-state index in [1.807, 2.05) is 20.8 Å². The van der Waals surface area contributed by atoms with Crippen molar-refractivity contribution in [2.45, 2.75) is 32.7 Å². The number of nitro groups is 1. The lowest BCUT2D eigenvalue weighted by Crippen LogP contribution is -2.31. The molecule has 1 aromatic rings. The number of halogens is 1. The van der Waals surface area contributed by atoms with Gasteiger partial charge in [0.05, 0.1) is 4.92 Å². The van der Waals surface area contributed by atoms with Gasteiger partial charge in [-0.25, -0.2) is 0 Å². The van der Waals surface area contributed by atoms with Gasteiger partial charge < -0.3 is 5.32 Å². The van der Waals surface area contributed by atoms with Crippen molar-refractivity contribution in [3.8, 4) is 0 Å². The minimum absolute atomic E-state index is 0.0107. The van der Waals surface area contributed by atoms with E-state index in [-0.39, 0.29) is 22.6 Å². The largest absolute Gasteiger partial charge is 0.314 e. The summed E-state index contributed by atoms with van der Waals surface area (Å²) in [5, 5.41) is 14.2. The van der Waals surface area contributed by atoms with Crippen LogP contribution in [0.25, 0.3) is 0 Å². The van der Waals surface area contributed by atoms with E-state index in [1.165, 1.54) is 6.07 Å². The predicted octanol–water partition coefficient (Wildman–Crippen LogP) is 2.85. The Morgan fingerprint density at radius 3 is 2.76 bits per heavy atom. The summed E-state index contributed by atoms with van der Waals surface area (Å²) in [6.07, 6.45) is 1.59. The molecule has 2 atom stereocenters. The van der Waals surface area contributed by atoms with Crippen LogP contribution in [0.4, 0.5) is 5.69 Å². The van der Waals surface area contributed by atoms with Crippen molar-refractivity contribution in [2.75, 3.05) is 6.54 Å². The van der Waals surface area contributed by atoms with Gasteiger partial charge in [-0.05, 0) is 29.4 Å². The smallest absolute Gasteiger partial charge is 0.292 e. The van der Waals surface area contributed by atoms with Crippen LogP contribution in [0.1, 0.15) is 32.4 Å². The van der Waals surface area contributed by atoms with E-state index in [9.17, 15) is 10.1 Å². The quantitative estimate of drug-likeness (QED) is 0.671. The van der Waals surface area contributed by atoms with Crippen molar-refractivity contribution in [3.05, 3.63) is 32.5 Å². The average molecular weight is 302 g/mol. The minimum atomic E-state index is -0.387. The molecule has 1 aromatic heterocycles. The highest BCUT2D eigenvalue weighted by Crippen LogP contribution is 2.28. The summed E-state index contributed by atoms with van der Waals surface area (Å²) in [4.78, 5) is 14.8. The zero-order chi connectivity index (χ0) is 13.0. The Labute approximate surface area is 109 Å². The number of likely N-dealkylation sites (N-methyl/N-ethyl adjacent to an activating group) is 1. The van der Waals surface area contributed by atoms with Crippen LogP contribution in [0.15, 0.2) is 16.7 Å². The molecule has 0 spiro atoms. The molecule has 2 unspecified atom stereocenters. The van der Waals surface area contributed by atoms with Crippen LogP contribution in [-0.2, 0) is 0 Å². The molecule has 0 saturated heterocycles. The first-order valence-electron chi connectivity index (χ1n) is 5.50. The van der Waals surface area contributed by atoms with Crippen LogP contribution < -0.4 is 5.32 Å². The van der Waals surface area contributed by atoms with Gasteiger partial charge in [0.25, 0.3) is 5.69 Å². The zero-order valence-corrected chi connectivity index (χ0v) is 11.7. The van der Waals surface area contributed by atoms with Gasteiger partial charge in [0.1, 0.15) is 5.69 Å². The highest BCUT2D eigenvalue weighted by atomic mass is 79.9. The molecule has 0 radical (unpaired) electrons. The molecular formula is C11H16BrN3O2. The van der Waals surface area contributed by atoms with E-state index < -0.39 is 0 Å². The van der Waals surface area contributed by atoms with E-state index >= 15 is 0 Å². The first-order chi connectivity index (χ1) is 7.97. The van der Waals surface area contributed by atoms with Crippen molar-refractivity contribution in [1.29, 1.82) is 0 Å². The maximum Gasteiger partial charge on any atom is 0.292 e. The molecule has 0 aliphatic heterocycles. The maximum absolute atomic E-state index is 11.0. The molecule has 0 bridgehead atoms. The van der Waals surface area contributed by atoms with Crippen molar-refractivity contribution >= 4 is 21.6 Å². The van der Waals surface area contributed by atoms with E-state index in [2.05, 4.69) is 26.2 Å². The molecule has 0 aliphatic carbocycles. The number of aromatic nitrogens is 1. The standard InChI is InChI=1S/C11H16BrN3O2/c1-4-13-8(3)7(2)11-10(15(16)17)5-9(12)6-14-11/h5-8,13H,4H2,1-3H3. The molecule has 0 fully saturated rings. The van der Waals surface area contributed by atoms with Crippen molar-refractivity contribution < 1.29 is 4.92 Å². The number of hydrogen-bond acceptors (Lipinski definition) is 4. The Bertz CT molecular complexity index is 412. The molecule has 17 heavy (non-hydrogen) atoms. The first-order valence-corrected chi connectivity index (χ1v) is 6.29. The Morgan fingerprint density at radius 2 is 2.24 bits per heavy atom. The summed E-state index contributed by atoms with van der Waals surface area (Å²) >= 11 is 3.20. The molecule has 0 saturated carbocycles. The lowest BCUT2D eigenvalue weighted by molar-refractivity contribution is -0.386. The minimum Gasteiger partial charge on any atom is -0.314 e. The van der Waals surface area contributed by atoms with Crippen LogP contribution in [0.2, 0.25) is 0 Å². The third-order valence-corrected chi connectivity index (χ3v) is 3.20. The summed E-state index contributed by atoms with van der Waals surface area (Å²) in [6.45, 7) is 6.78. The second-order valence-electron chi connectivity index (χ2n) is 3.95. The van der Waals surface area contributed by atoms with Gasteiger partial charge in [-0.15, -0.1) is 0 Å². The molecule has 94 valence electrons. The fourth-order valence-corrected chi connectivity index (χ4v) is 1.99. The van der Waals surface area contributed by atoms with Crippen LogP contribution >= 0.6 is 15.9 Å². The van der Waals surface area contributed by atoms with Gasteiger partial charge in [0, 0.05) is 28.7 Å². The Hall–Kier alpha value is -1.01.